The second-order valence-electron chi connectivity index (χ2n) is 4.69. The summed E-state index contributed by atoms with van der Waals surface area (Å²) in [7, 11) is 0. The van der Waals surface area contributed by atoms with Crippen molar-refractivity contribution in [3.63, 3.8) is 0 Å². The highest BCUT2D eigenvalue weighted by Crippen LogP contribution is 2.19. The van der Waals surface area contributed by atoms with Crippen molar-refractivity contribution in [3.05, 3.63) is 0 Å². The molecule has 0 spiro atoms. The van der Waals surface area contributed by atoms with E-state index in [2.05, 4.69) is 19.3 Å². The molecule has 2 amide bonds. The summed E-state index contributed by atoms with van der Waals surface area (Å²) >= 11 is 1.70. The van der Waals surface area contributed by atoms with E-state index in [0.29, 0.717) is 36.9 Å². The Labute approximate surface area is 113 Å². The van der Waals surface area contributed by atoms with Gasteiger partial charge in [0.1, 0.15) is 0 Å². The van der Waals surface area contributed by atoms with Gasteiger partial charge in [-0.2, -0.15) is 0 Å². The van der Waals surface area contributed by atoms with Gasteiger partial charge in [0.15, 0.2) is 0 Å². The van der Waals surface area contributed by atoms with Crippen LogP contribution in [0.15, 0.2) is 0 Å². The van der Waals surface area contributed by atoms with Crippen LogP contribution in [-0.4, -0.2) is 40.8 Å². The van der Waals surface area contributed by atoms with Gasteiger partial charge in [0, 0.05) is 24.3 Å². The number of likely N-dealkylation sites (tertiary alicyclic amines) is 1. The largest absolute Gasteiger partial charge is 0.342 e. The number of rotatable bonds is 5. The monoisotopic (exact) mass is 273 g/mol. The molecule has 1 aliphatic heterocycles. The lowest BCUT2D eigenvalue weighted by atomic mass is 9.96. The molecular formula is C12H23N3O2S. The molecule has 0 aromatic rings. The number of amides is 2. The molecule has 1 fully saturated rings. The van der Waals surface area contributed by atoms with Crippen molar-refractivity contribution in [1.29, 1.82) is 0 Å². The zero-order valence-corrected chi connectivity index (χ0v) is 12.0. The first-order chi connectivity index (χ1) is 8.58. The summed E-state index contributed by atoms with van der Waals surface area (Å²) in [6.45, 7) is 5.59. The highest BCUT2D eigenvalue weighted by molar-refractivity contribution is 8.00. The second kappa shape index (κ2) is 7.63. The zero-order chi connectivity index (χ0) is 13.5. The maximum absolute atomic E-state index is 11.9. The first-order valence-corrected chi connectivity index (χ1v) is 7.53. The Bertz CT molecular complexity index is 291. The van der Waals surface area contributed by atoms with Crippen LogP contribution in [0.2, 0.25) is 0 Å². The number of carbonyl (C=O) groups is 2. The number of thioether (sulfide) groups is 1. The van der Waals surface area contributed by atoms with E-state index >= 15 is 0 Å². The normalized spacial score (nSPS) is 18.5. The van der Waals surface area contributed by atoms with Gasteiger partial charge in [-0.25, -0.2) is 5.84 Å². The fraction of sp³-hybridized carbons (Fsp3) is 0.833. The number of carbonyl (C=O) groups excluding carboxylic acids is 2. The fourth-order valence-corrected chi connectivity index (χ4v) is 2.78. The molecule has 0 radical (unpaired) electrons. The van der Waals surface area contributed by atoms with E-state index in [1.807, 2.05) is 4.90 Å². The van der Waals surface area contributed by atoms with Crippen molar-refractivity contribution >= 4 is 23.6 Å². The summed E-state index contributed by atoms with van der Waals surface area (Å²) in [6.07, 6.45) is 2.50. The number of nitrogens with two attached hydrogens (primary N) is 1. The molecule has 1 unspecified atom stereocenters. The molecule has 0 aromatic carbocycles. The van der Waals surface area contributed by atoms with Gasteiger partial charge < -0.3 is 4.90 Å². The van der Waals surface area contributed by atoms with Crippen LogP contribution in [0.1, 0.15) is 33.1 Å². The van der Waals surface area contributed by atoms with Gasteiger partial charge >= 0.3 is 0 Å². The van der Waals surface area contributed by atoms with Crippen LogP contribution < -0.4 is 11.3 Å². The van der Waals surface area contributed by atoms with Crippen LogP contribution in [0, 0.1) is 5.92 Å². The minimum Gasteiger partial charge on any atom is -0.342 e. The summed E-state index contributed by atoms with van der Waals surface area (Å²) in [4.78, 5) is 25.2. The summed E-state index contributed by atoms with van der Waals surface area (Å²) in [5.74, 6) is 5.69. The molecule has 5 nitrogen and oxygen atoms in total. The summed E-state index contributed by atoms with van der Waals surface area (Å²) < 4.78 is 0. The first-order valence-electron chi connectivity index (χ1n) is 6.48. The highest BCUT2D eigenvalue weighted by Gasteiger charge is 2.26. The molecule has 6 heteroatoms. The van der Waals surface area contributed by atoms with Crippen LogP contribution in [-0.2, 0) is 9.59 Å². The summed E-state index contributed by atoms with van der Waals surface area (Å²) in [6, 6.07) is 0. The predicted molar refractivity (Wildman–Crippen MR) is 73.8 cm³/mol. The Morgan fingerprint density at radius 3 is 2.56 bits per heavy atom. The lowest BCUT2D eigenvalue weighted by Crippen LogP contribution is -2.45. The minimum absolute atomic E-state index is 0.0405. The topological polar surface area (TPSA) is 75.4 Å². The maximum Gasteiger partial charge on any atom is 0.237 e. The molecule has 1 atom stereocenters. The van der Waals surface area contributed by atoms with E-state index in [1.165, 1.54) is 0 Å². The number of hydrazine groups is 1. The molecule has 104 valence electrons. The zero-order valence-electron chi connectivity index (χ0n) is 11.1. The smallest absolute Gasteiger partial charge is 0.237 e. The van der Waals surface area contributed by atoms with E-state index in [0.717, 1.165) is 6.42 Å². The maximum atomic E-state index is 11.9. The minimum atomic E-state index is -0.115. The standard InChI is InChI=1S/C12H23N3O2S/c1-3-9(2)18-8-11(16)15-6-4-10(5-7-15)12(17)14-13/h9-10H,3-8,13H2,1-2H3,(H,14,17). The molecule has 1 rings (SSSR count). The van der Waals surface area contributed by atoms with Crippen molar-refractivity contribution in [2.45, 2.75) is 38.4 Å². The van der Waals surface area contributed by atoms with E-state index in [9.17, 15) is 9.59 Å². The molecule has 0 aromatic heterocycles. The van der Waals surface area contributed by atoms with Crippen molar-refractivity contribution < 1.29 is 9.59 Å². The lowest BCUT2D eigenvalue weighted by molar-refractivity contribution is -0.133. The molecule has 3 N–H and O–H groups in total. The average molecular weight is 273 g/mol. The van der Waals surface area contributed by atoms with E-state index < -0.39 is 0 Å². The van der Waals surface area contributed by atoms with E-state index in [1.54, 1.807) is 11.8 Å². The fourth-order valence-electron chi connectivity index (χ4n) is 1.93. The molecule has 0 aliphatic carbocycles. The second-order valence-corrected chi connectivity index (χ2v) is 6.12. The molecule has 0 bridgehead atoms. The van der Waals surface area contributed by atoms with Gasteiger partial charge in [-0.3, -0.25) is 15.0 Å². The van der Waals surface area contributed by atoms with Crippen molar-refractivity contribution in [2.24, 2.45) is 11.8 Å². The molecule has 1 saturated heterocycles. The first kappa shape index (κ1) is 15.3. The average Bonchev–Trinajstić information content (AvgIpc) is 2.43. The van der Waals surface area contributed by atoms with E-state index in [4.69, 9.17) is 5.84 Å². The van der Waals surface area contributed by atoms with Gasteiger partial charge in [0.2, 0.25) is 11.8 Å². The number of nitrogens with one attached hydrogen (secondary N) is 1. The Kier molecular flexibility index (Phi) is 6.49. The highest BCUT2D eigenvalue weighted by atomic mass is 32.2. The third-order valence-corrected chi connectivity index (χ3v) is 4.74. The van der Waals surface area contributed by atoms with Gasteiger partial charge in [0.25, 0.3) is 0 Å². The van der Waals surface area contributed by atoms with Crippen LogP contribution in [0.5, 0.6) is 0 Å². The third-order valence-electron chi connectivity index (χ3n) is 3.43. The van der Waals surface area contributed by atoms with Gasteiger partial charge in [-0.15, -0.1) is 11.8 Å². The molecular weight excluding hydrogens is 250 g/mol. The van der Waals surface area contributed by atoms with Crippen LogP contribution in [0.4, 0.5) is 0 Å². The quantitative estimate of drug-likeness (QED) is 0.440. The summed E-state index contributed by atoms with van der Waals surface area (Å²) in [5, 5.41) is 0.523. The Hall–Kier alpha value is -0.750. The molecule has 1 heterocycles. The van der Waals surface area contributed by atoms with Crippen molar-refractivity contribution in [3.8, 4) is 0 Å². The van der Waals surface area contributed by atoms with Crippen molar-refractivity contribution in [1.82, 2.24) is 10.3 Å². The Balaban J connectivity index is 2.29. The van der Waals surface area contributed by atoms with Gasteiger partial charge in [-0.1, -0.05) is 13.8 Å². The molecule has 0 saturated carbocycles. The van der Waals surface area contributed by atoms with Gasteiger partial charge in [0.05, 0.1) is 5.75 Å². The SMILES string of the molecule is CCC(C)SCC(=O)N1CCC(C(=O)NN)CC1. The third kappa shape index (κ3) is 4.49. The van der Waals surface area contributed by atoms with Crippen LogP contribution >= 0.6 is 11.8 Å². The number of nitrogens with zero attached hydrogens (tertiary/aromatic N) is 1. The predicted octanol–water partition coefficient (Wildman–Crippen LogP) is 0.747. The number of hydrogen-bond acceptors (Lipinski definition) is 4. The Morgan fingerprint density at radius 1 is 1.44 bits per heavy atom. The van der Waals surface area contributed by atoms with Crippen LogP contribution in [0.3, 0.4) is 0 Å². The number of hydrogen-bond donors (Lipinski definition) is 2. The summed E-state index contributed by atoms with van der Waals surface area (Å²) in [5.41, 5.74) is 2.18. The van der Waals surface area contributed by atoms with E-state index in [-0.39, 0.29) is 17.7 Å². The molecule has 18 heavy (non-hydrogen) atoms. The van der Waals surface area contributed by atoms with Crippen LogP contribution in [0.25, 0.3) is 0 Å². The number of piperidine rings is 1. The van der Waals surface area contributed by atoms with Crippen molar-refractivity contribution in [2.75, 3.05) is 18.8 Å². The lowest BCUT2D eigenvalue weighted by Gasteiger charge is -2.31. The van der Waals surface area contributed by atoms with Gasteiger partial charge in [-0.05, 0) is 19.3 Å². The molecule has 1 aliphatic rings. The Morgan fingerprint density at radius 2 is 2.06 bits per heavy atom.